The van der Waals surface area contributed by atoms with Crippen molar-refractivity contribution in [3.8, 4) is 0 Å². The summed E-state index contributed by atoms with van der Waals surface area (Å²) in [6.07, 6.45) is 1.60. The third-order valence-corrected chi connectivity index (χ3v) is 5.00. The van der Waals surface area contributed by atoms with Crippen LogP contribution in [-0.4, -0.2) is 44.8 Å². The molecular formula is C18H30N2O. The Labute approximate surface area is 129 Å². The molecule has 0 bridgehead atoms. The Hall–Kier alpha value is -0.900. The number of likely N-dealkylation sites (N-methyl/N-ethyl adjacent to an activating group) is 1. The fraction of sp³-hybridized carbons (Fsp3) is 0.667. The lowest BCUT2D eigenvalue weighted by molar-refractivity contribution is -0.00729. The number of piperidine rings is 1. The topological polar surface area (TPSA) is 24.5 Å². The van der Waals surface area contributed by atoms with Crippen molar-refractivity contribution in [3.05, 3.63) is 34.9 Å². The van der Waals surface area contributed by atoms with Gasteiger partial charge in [-0.2, -0.15) is 0 Å². The lowest BCUT2D eigenvalue weighted by Gasteiger charge is -2.38. The first kappa shape index (κ1) is 16.5. The molecule has 1 aliphatic heterocycles. The second-order valence-corrected chi connectivity index (χ2v) is 6.48. The van der Waals surface area contributed by atoms with Gasteiger partial charge in [0.2, 0.25) is 0 Å². The molecule has 2 rings (SSSR count). The zero-order valence-corrected chi connectivity index (χ0v) is 14.1. The van der Waals surface area contributed by atoms with E-state index >= 15 is 0 Å². The Bertz CT molecular complexity index is 461. The average molecular weight is 290 g/mol. The van der Waals surface area contributed by atoms with Crippen LogP contribution in [0.25, 0.3) is 0 Å². The summed E-state index contributed by atoms with van der Waals surface area (Å²) in [5, 5.41) is 3.47. The lowest BCUT2D eigenvalue weighted by Crippen LogP contribution is -2.46. The van der Waals surface area contributed by atoms with E-state index in [0.717, 1.165) is 13.1 Å². The SMILES string of the molecule is CNC(CN1CCC(C)C(OC)C1)c1ccc(C)c(C)c1. The minimum atomic E-state index is 0.371. The van der Waals surface area contributed by atoms with Crippen LogP contribution < -0.4 is 5.32 Å². The summed E-state index contributed by atoms with van der Waals surface area (Å²) in [5.41, 5.74) is 4.11. The van der Waals surface area contributed by atoms with Crippen molar-refractivity contribution >= 4 is 0 Å². The molecule has 3 atom stereocenters. The zero-order chi connectivity index (χ0) is 15.4. The summed E-state index contributed by atoms with van der Waals surface area (Å²) in [6, 6.07) is 7.18. The molecule has 1 saturated heterocycles. The fourth-order valence-corrected chi connectivity index (χ4v) is 3.17. The number of nitrogens with one attached hydrogen (secondary N) is 1. The van der Waals surface area contributed by atoms with E-state index in [2.05, 4.69) is 56.2 Å². The minimum absolute atomic E-state index is 0.371. The molecule has 1 aromatic rings. The quantitative estimate of drug-likeness (QED) is 0.902. The van der Waals surface area contributed by atoms with E-state index in [1.54, 1.807) is 0 Å². The van der Waals surface area contributed by atoms with Gasteiger partial charge in [-0.1, -0.05) is 25.1 Å². The highest BCUT2D eigenvalue weighted by atomic mass is 16.5. The van der Waals surface area contributed by atoms with Crippen LogP contribution in [0.3, 0.4) is 0 Å². The first-order valence-electron chi connectivity index (χ1n) is 8.04. The Kier molecular flexibility index (Phi) is 5.80. The molecule has 3 nitrogen and oxygen atoms in total. The van der Waals surface area contributed by atoms with Crippen molar-refractivity contribution < 1.29 is 4.74 Å². The summed E-state index contributed by atoms with van der Waals surface area (Å²) in [5.74, 6) is 0.668. The summed E-state index contributed by atoms with van der Waals surface area (Å²) in [7, 11) is 3.89. The van der Waals surface area contributed by atoms with E-state index < -0.39 is 0 Å². The Morgan fingerprint density at radius 2 is 2.10 bits per heavy atom. The number of aryl methyl sites for hydroxylation is 2. The van der Waals surface area contributed by atoms with Crippen molar-refractivity contribution in [3.63, 3.8) is 0 Å². The van der Waals surface area contributed by atoms with Crippen molar-refractivity contribution in [1.82, 2.24) is 10.2 Å². The molecule has 0 saturated carbocycles. The molecule has 3 unspecified atom stereocenters. The number of ether oxygens (including phenoxy) is 1. The van der Waals surface area contributed by atoms with Gasteiger partial charge in [-0.3, -0.25) is 4.90 Å². The van der Waals surface area contributed by atoms with E-state index in [0.29, 0.717) is 18.1 Å². The number of benzene rings is 1. The van der Waals surface area contributed by atoms with Crippen molar-refractivity contribution in [1.29, 1.82) is 0 Å². The van der Waals surface area contributed by atoms with E-state index in [1.165, 1.54) is 29.7 Å². The van der Waals surface area contributed by atoms with E-state index in [1.807, 2.05) is 7.11 Å². The van der Waals surface area contributed by atoms with E-state index in [-0.39, 0.29) is 0 Å². The van der Waals surface area contributed by atoms with Crippen molar-refractivity contribution in [2.45, 2.75) is 39.3 Å². The molecule has 0 spiro atoms. The molecule has 0 amide bonds. The zero-order valence-electron chi connectivity index (χ0n) is 14.1. The Balaban J connectivity index is 2.03. The first-order valence-corrected chi connectivity index (χ1v) is 8.04. The monoisotopic (exact) mass is 290 g/mol. The van der Waals surface area contributed by atoms with Gasteiger partial charge >= 0.3 is 0 Å². The highest BCUT2D eigenvalue weighted by Crippen LogP contribution is 2.23. The minimum Gasteiger partial charge on any atom is -0.380 e. The van der Waals surface area contributed by atoms with Crippen LogP contribution in [0.5, 0.6) is 0 Å². The maximum atomic E-state index is 5.63. The van der Waals surface area contributed by atoms with Gasteiger partial charge in [0.25, 0.3) is 0 Å². The van der Waals surface area contributed by atoms with Crippen LogP contribution in [0.15, 0.2) is 18.2 Å². The average Bonchev–Trinajstić information content (AvgIpc) is 2.49. The van der Waals surface area contributed by atoms with Gasteiger partial charge in [0.05, 0.1) is 6.10 Å². The number of likely N-dealkylation sites (tertiary alicyclic amines) is 1. The van der Waals surface area contributed by atoms with Crippen molar-refractivity contribution in [2.24, 2.45) is 5.92 Å². The standard InChI is InChI=1S/C18H30N2O/c1-13-6-7-16(10-15(13)3)17(19-4)11-20-9-8-14(2)18(12-20)21-5/h6-7,10,14,17-19H,8-9,11-12H2,1-5H3. The molecule has 0 aromatic heterocycles. The summed E-state index contributed by atoms with van der Waals surface area (Å²) >= 11 is 0. The number of nitrogens with zero attached hydrogens (tertiary/aromatic N) is 1. The van der Waals surface area contributed by atoms with Gasteiger partial charge in [0.15, 0.2) is 0 Å². The van der Waals surface area contributed by atoms with E-state index in [4.69, 9.17) is 4.74 Å². The molecule has 1 fully saturated rings. The molecular weight excluding hydrogens is 260 g/mol. The number of hydrogen-bond donors (Lipinski definition) is 1. The third-order valence-electron chi connectivity index (χ3n) is 5.00. The van der Waals surface area contributed by atoms with Crippen LogP contribution >= 0.6 is 0 Å². The predicted octanol–water partition coefficient (Wildman–Crippen LogP) is 2.92. The van der Waals surface area contributed by atoms with Crippen molar-refractivity contribution in [2.75, 3.05) is 33.8 Å². The van der Waals surface area contributed by atoms with Gasteiger partial charge in [0, 0.05) is 26.2 Å². The van der Waals surface area contributed by atoms with Crippen LogP contribution in [0.4, 0.5) is 0 Å². The third kappa shape index (κ3) is 4.06. The van der Waals surface area contributed by atoms with Gasteiger partial charge in [-0.15, -0.1) is 0 Å². The van der Waals surface area contributed by atoms with Gasteiger partial charge in [-0.05, 0) is 56.5 Å². The normalized spacial score (nSPS) is 25.0. The molecule has 118 valence electrons. The second-order valence-electron chi connectivity index (χ2n) is 6.48. The van der Waals surface area contributed by atoms with E-state index in [9.17, 15) is 0 Å². The largest absolute Gasteiger partial charge is 0.380 e. The maximum absolute atomic E-state index is 5.63. The Morgan fingerprint density at radius 3 is 2.71 bits per heavy atom. The molecule has 3 heteroatoms. The smallest absolute Gasteiger partial charge is 0.0724 e. The number of methoxy groups -OCH3 is 1. The molecule has 1 heterocycles. The van der Waals surface area contributed by atoms with Gasteiger partial charge in [0.1, 0.15) is 0 Å². The van der Waals surface area contributed by atoms with Crippen LogP contribution in [0.2, 0.25) is 0 Å². The second kappa shape index (κ2) is 7.39. The highest BCUT2D eigenvalue weighted by molar-refractivity contribution is 5.31. The Morgan fingerprint density at radius 1 is 1.33 bits per heavy atom. The maximum Gasteiger partial charge on any atom is 0.0724 e. The van der Waals surface area contributed by atoms with Gasteiger partial charge < -0.3 is 10.1 Å². The van der Waals surface area contributed by atoms with Gasteiger partial charge in [-0.25, -0.2) is 0 Å². The summed E-state index contributed by atoms with van der Waals surface area (Å²) in [6.45, 7) is 9.92. The molecule has 1 N–H and O–H groups in total. The van der Waals surface area contributed by atoms with Crippen LogP contribution in [0.1, 0.15) is 36.1 Å². The summed E-state index contributed by atoms with van der Waals surface area (Å²) < 4.78 is 5.63. The number of rotatable bonds is 5. The summed E-state index contributed by atoms with van der Waals surface area (Å²) in [4.78, 5) is 2.53. The van der Waals surface area contributed by atoms with Crippen LogP contribution in [0, 0.1) is 19.8 Å². The number of hydrogen-bond acceptors (Lipinski definition) is 3. The molecule has 0 aliphatic carbocycles. The molecule has 1 aromatic carbocycles. The molecule has 0 radical (unpaired) electrons. The molecule has 21 heavy (non-hydrogen) atoms. The van der Waals surface area contributed by atoms with Crippen LogP contribution in [-0.2, 0) is 4.74 Å². The predicted molar refractivity (Wildman–Crippen MR) is 88.7 cm³/mol. The molecule has 1 aliphatic rings. The fourth-order valence-electron chi connectivity index (χ4n) is 3.17. The first-order chi connectivity index (χ1) is 10.0. The highest BCUT2D eigenvalue weighted by Gasteiger charge is 2.27. The lowest BCUT2D eigenvalue weighted by atomic mass is 9.94.